The second-order valence-corrected chi connectivity index (χ2v) is 11.8. The van der Waals surface area contributed by atoms with Crippen molar-refractivity contribution >= 4 is 34.4 Å². The molecule has 43 heavy (non-hydrogen) atoms. The number of carbonyl (C=O) groups excluding carboxylic acids is 4. The molecule has 1 saturated heterocycles. The molecule has 0 spiro atoms. The first-order chi connectivity index (χ1) is 20.6. The van der Waals surface area contributed by atoms with Crippen LogP contribution in [0.2, 0.25) is 0 Å². The Balaban J connectivity index is 1.29. The van der Waals surface area contributed by atoms with Crippen LogP contribution in [0.3, 0.4) is 0 Å². The van der Waals surface area contributed by atoms with Crippen LogP contribution in [-0.4, -0.2) is 71.1 Å². The van der Waals surface area contributed by atoms with E-state index in [0.29, 0.717) is 30.3 Å². The lowest BCUT2D eigenvalue weighted by atomic mass is 9.90. The second-order valence-electron chi connectivity index (χ2n) is 11.8. The molecule has 3 amide bonds. The minimum Gasteiger partial charge on any atom is -0.497 e. The van der Waals surface area contributed by atoms with Crippen molar-refractivity contribution in [1.82, 2.24) is 26.1 Å². The number of hydrogen-bond donors (Lipinski definition) is 4. The van der Waals surface area contributed by atoms with Crippen LogP contribution in [0.15, 0.2) is 48.7 Å². The number of ether oxygens (including phenoxy) is 2. The number of rotatable bonds is 13. The van der Waals surface area contributed by atoms with Crippen LogP contribution in [0, 0.1) is 5.92 Å². The molecular formula is C32H39N5O6. The number of amides is 3. The Morgan fingerprint density at radius 1 is 1.02 bits per heavy atom. The summed E-state index contributed by atoms with van der Waals surface area (Å²) in [5.41, 5.74) is 1.08. The SMILES string of the molecule is COc1ccc(CC(NC(=O)C(C)NC(=O)c2ccc3[nH]ncc3c2)C(=O)NC(CC2CCCC2)C(=O)C2(C)CO2)cc1. The van der Waals surface area contributed by atoms with Gasteiger partial charge < -0.3 is 25.4 Å². The van der Waals surface area contributed by atoms with E-state index in [2.05, 4.69) is 26.1 Å². The number of methoxy groups -OCH3 is 1. The molecule has 1 saturated carbocycles. The van der Waals surface area contributed by atoms with E-state index < -0.39 is 41.4 Å². The molecule has 1 aliphatic carbocycles. The topological polar surface area (TPSA) is 155 Å². The van der Waals surface area contributed by atoms with Crippen molar-refractivity contribution in [3.05, 3.63) is 59.8 Å². The van der Waals surface area contributed by atoms with Gasteiger partial charge in [-0.2, -0.15) is 5.10 Å². The van der Waals surface area contributed by atoms with Crippen molar-refractivity contribution in [3.63, 3.8) is 0 Å². The highest BCUT2D eigenvalue weighted by Crippen LogP contribution is 2.33. The van der Waals surface area contributed by atoms with Gasteiger partial charge in [-0.05, 0) is 62.1 Å². The van der Waals surface area contributed by atoms with Crippen molar-refractivity contribution in [2.75, 3.05) is 13.7 Å². The molecule has 1 aromatic heterocycles. The van der Waals surface area contributed by atoms with E-state index in [4.69, 9.17) is 9.47 Å². The second kappa shape index (κ2) is 12.9. The van der Waals surface area contributed by atoms with Crippen molar-refractivity contribution < 1.29 is 28.7 Å². The molecule has 2 aromatic carbocycles. The average molecular weight is 590 g/mol. The Morgan fingerprint density at radius 3 is 2.40 bits per heavy atom. The maximum atomic E-state index is 13.8. The van der Waals surface area contributed by atoms with E-state index in [1.54, 1.807) is 57.5 Å². The van der Waals surface area contributed by atoms with Crippen molar-refractivity contribution in [1.29, 1.82) is 0 Å². The Kier molecular flexibility index (Phi) is 9.10. The van der Waals surface area contributed by atoms with Crippen LogP contribution in [0.4, 0.5) is 0 Å². The van der Waals surface area contributed by atoms with Crippen molar-refractivity contribution in [3.8, 4) is 5.75 Å². The van der Waals surface area contributed by atoms with Crippen LogP contribution in [-0.2, 0) is 25.5 Å². The smallest absolute Gasteiger partial charge is 0.251 e. The van der Waals surface area contributed by atoms with Gasteiger partial charge in [-0.1, -0.05) is 37.8 Å². The summed E-state index contributed by atoms with van der Waals surface area (Å²) < 4.78 is 10.7. The fourth-order valence-corrected chi connectivity index (χ4v) is 5.64. The van der Waals surface area contributed by atoms with Crippen LogP contribution in [0.5, 0.6) is 5.75 Å². The third-order valence-electron chi connectivity index (χ3n) is 8.45. The molecule has 11 heteroatoms. The molecule has 1 aliphatic heterocycles. The molecule has 228 valence electrons. The predicted molar refractivity (Wildman–Crippen MR) is 160 cm³/mol. The number of hydrogen-bond acceptors (Lipinski definition) is 7. The molecule has 2 aliphatic rings. The first-order valence-electron chi connectivity index (χ1n) is 14.8. The predicted octanol–water partition coefficient (Wildman–Crippen LogP) is 2.84. The number of nitrogens with zero attached hydrogens (tertiary/aromatic N) is 1. The van der Waals surface area contributed by atoms with Gasteiger partial charge in [0.2, 0.25) is 11.8 Å². The van der Waals surface area contributed by atoms with Gasteiger partial charge in [-0.15, -0.1) is 0 Å². The van der Waals surface area contributed by atoms with Gasteiger partial charge in [0.25, 0.3) is 5.91 Å². The normalized spacial score (nSPS) is 20.2. The Morgan fingerprint density at radius 2 is 1.72 bits per heavy atom. The molecule has 0 bridgehead atoms. The number of fused-ring (bicyclic) bond motifs is 1. The summed E-state index contributed by atoms with van der Waals surface area (Å²) in [4.78, 5) is 53.4. The van der Waals surface area contributed by atoms with E-state index in [1.165, 1.54) is 0 Å². The first-order valence-corrected chi connectivity index (χ1v) is 14.8. The number of epoxide rings is 1. The largest absolute Gasteiger partial charge is 0.497 e. The van der Waals surface area contributed by atoms with Gasteiger partial charge in [0.15, 0.2) is 5.78 Å². The van der Waals surface area contributed by atoms with Crippen LogP contribution in [0.1, 0.15) is 61.9 Å². The molecule has 4 unspecified atom stereocenters. The summed E-state index contributed by atoms with van der Waals surface area (Å²) >= 11 is 0. The molecular weight excluding hydrogens is 550 g/mol. The third-order valence-corrected chi connectivity index (χ3v) is 8.45. The number of H-pyrrole nitrogens is 1. The molecule has 4 N–H and O–H groups in total. The molecule has 2 fully saturated rings. The molecule has 3 aromatic rings. The van der Waals surface area contributed by atoms with Crippen LogP contribution < -0.4 is 20.7 Å². The summed E-state index contributed by atoms with van der Waals surface area (Å²) in [5, 5.41) is 16.1. The zero-order valence-corrected chi connectivity index (χ0v) is 24.8. The first kappa shape index (κ1) is 30.2. The minimum atomic E-state index is -0.991. The minimum absolute atomic E-state index is 0.141. The standard InChI is InChI=1S/C32H39N5O6/c1-19(34-30(40)22-10-13-25-23(16-22)17-33-37-25)29(39)36-27(15-21-8-11-24(42-3)12-9-21)31(41)35-26(14-20-6-4-5-7-20)28(38)32(2)18-43-32/h8-13,16-17,19-20,26-27H,4-7,14-15,18H2,1-3H3,(H,33,37)(H,34,40)(H,35,41)(H,36,39). The van der Waals surface area contributed by atoms with Gasteiger partial charge in [0.05, 0.1) is 31.5 Å². The number of carbonyl (C=O) groups is 4. The summed E-state index contributed by atoms with van der Waals surface area (Å²) in [6.07, 6.45) is 6.61. The van der Waals surface area contributed by atoms with Crippen LogP contribution >= 0.6 is 0 Å². The van der Waals surface area contributed by atoms with E-state index in [9.17, 15) is 19.2 Å². The summed E-state index contributed by atoms with van der Waals surface area (Å²) in [7, 11) is 1.57. The lowest BCUT2D eigenvalue weighted by Crippen LogP contribution is -2.57. The monoisotopic (exact) mass is 589 g/mol. The van der Waals surface area contributed by atoms with E-state index in [-0.39, 0.29) is 12.2 Å². The van der Waals surface area contributed by atoms with Gasteiger partial charge in [0, 0.05) is 17.4 Å². The van der Waals surface area contributed by atoms with E-state index in [0.717, 1.165) is 42.1 Å². The molecule has 4 atom stereocenters. The molecule has 0 radical (unpaired) electrons. The van der Waals surface area contributed by atoms with E-state index >= 15 is 0 Å². The molecule has 11 nitrogen and oxygen atoms in total. The summed E-state index contributed by atoms with van der Waals surface area (Å²) in [6.45, 7) is 3.64. The number of aromatic nitrogens is 2. The van der Waals surface area contributed by atoms with Gasteiger partial charge in [-0.3, -0.25) is 24.3 Å². The lowest BCUT2D eigenvalue weighted by molar-refractivity contribution is -0.133. The number of aromatic amines is 1. The fraction of sp³-hybridized carbons (Fsp3) is 0.469. The maximum Gasteiger partial charge on any atom is 0.251 e. The molecule has 2 heterocycles. The van der Waals surface area contributed by atoms with Crippen LogP contribution in [0.25, 0.3) is 10.9 Å². The summed E-state index contributed by atoms with van der Waals surface area (Å²) in [6, 6.07) is 9.64. The van der Waals surface area contributed by atoms with Crippen molar-refractivity contribution in [2.24, 2.45) is 5.92 Å². The van der Waals surface area contributed by atoms with Gasteiger partial charge >= 0.3 is 0 Å². The lowest BCUT2D eigenvalue weighted by Gasteiger charge is -2.26. The maximum absolute atomic E-state index is 13.8. The zero-order chi connectivity index (χ0) is 30.6. The number of ketones is 1. The van der Waals surface area contributed by atoms with Crippen molar-refractivity contribution in [2.45, 2.75) is 76.1 Å². The highest BCUT2D eigenvalue weighted by Gasteiger charge is 2.50. The third kappa shape index (κ3) is 7.40. The molecule has 5 rings (SSSR count). The Hall–Kier alpha value is -4.25. The Labute approximate surface area is 250 Å². The van der Waals surface area contributed by atoms with Gasteiger partial charge in [0.1, 0.15) is 23.4 Å². The number of benzene rings is 2. The van der Waals surface area contributed by atoms with E-state index in [1.807, 2.05) is 12.1 Å². The number of Topliss-reactive ketones (excluding diaryl/α,β-unsaturated/α-hetero) is 1. The highest BCUT2D eigenvalue weighted by atomic mass is 16.6. The average Bonchev–Trinajstić information content (AvgIpc) is 3.36. The zero-order valence-electron chi connectivity index (χ0n) is 24.8. The highest BCUT2D eigenvalue weighted by molar-refractivity contribution is 6.01. The van der Waals surface area contributed by atoms with Gasteiger partial charge in [-0.25, -0.2) is 0 Å². The quantitative estimate of drug-likeness (QED) is 0.224. The Bertz CT molecular complexity index is 1470. The fourth-order valence-electron chi connectivity index (χ4n) is 5.64. The summed E-state index contributed by atoms with van der Waals surface area (Å²) in [5.74, 6) is -0.545. The number of nitrogens with one attached hydrogen (secondary N) is 4.